The lowest BCUT2D eigenvalue weighted by Crippen LogP contribution is -2.34. The van der Waals surface area contributed by atoms with E-state index in [0.29, 0.717) is 0 Å². The van der Waals surface area contributed by atoms with Crippen LogP contribution in [0.5, 0.6) is 0 Å². The molecule has 1 fully saturated rings. The molecule has 1 unspecified atom stereocenters. The Hall–Kier alpha value is -1.32. The van der Waals surface area contributed by atoms with Crippen LogP contribution in [0.4, 0.5) is 0 Å². The Labute approximate surface area is 115 Å². The van der Waals surface area contributed by atoms with Gasteiger partial charge in [-0.3, -0.25) is 0 Å². The molecule has 3 rings (SSSR count). The summed E-state index contributed by atoms with van der Waals surface area (Å²) in [6.07, 6.45) is 4.70. The summed E-state index contributed by atoms with van der Waals surface area (Å²) in [7, 11) is 4.39. The minimum Gasteiger partial charge on any atom is -0.350 e. The number of benzene rings is 1. The van der Waals surface area contributed by atoms with E-state index in [1.54, 1.807) is 0 Å². The van der Waals surface area contributed by atoms with Crippen LogP contribution in [-0.4, -0.2) is 42.2 Å². The number of hydrogen-bond donors (Lipinski definition) is 1. The second-order valence-corrected chi connectivity index (χ2v) is 5.66. The molecule has 3 nitrogen and oxygen atoms in total. The van der Waals surface area contributed by atoms with Gasteiger partial charge in [0.15, 0.2) is 0 Å². The molecule has 0 amide bonds. The fourth-order valence-corrected chi connectivity index (χ4v) is 3.12. The average molecular weight is 257 g/mol. The van der Waals surface area contributed by atoms with Crippen molar-refractivity contribution >= 4 is 10.9 Å². The van der Waals surface area contributed by atoms with Crippen molar-refractivity contribution < 1.29 is 0 Å². The van der Waals surface area contributed by atoms with Gasteiger partial charge in [-0.1, -0.05) is 18.2 Å². The van der Waals surface area contributed by atoms with E-state index in [4.69, 9.17) is 0 Å². The number of likely N-dealkylation sites (N-methyl/N-ethyl adjacent to an activating group) is 1. The molecule has 1 atom stereocenters. The van der Waals surface area contributed by atoms with Gasteiger partial charge in [-0.15, -0.1) is 0 Å². The maximum absolute atomic E-state index is 3.44. The fraction of sp³-hybridized carbons (Fsp3) is 0.500. The largest absolute Gasteiger partial charge is 0.350 e. The van der Waals surface area contributed by atoms with Gasteiger partial charge in [-0.2, -0.15) is 0 Å². The van der Waals surface area contributed by atoms with Gasteiger partial charge in [0.2, 0.25) is 0 Å². The minimum atomic E-state index is 0.718. The van der Waals surface area contributed by atoms with Gasteiger partial charge in [0.25, 0.3) is 0 Å². The van der Waals surface area contributed by atoms with Crippen molar-refractivity contribution in [1.29, 1.82) is 0 Å². The van der Waals surface area contributed by atoms with E-state index >= 15 is 0 Å². The third kappa shape index (κ3) is 2.53. The van der Waals surface area contributed by atoms with Gasteiger partial charge in [0.1, 0.15) is 0 Å². The summed E-state index contributed by atoms with van der Waals surface area (Å²) in [5.74, 6) is 0. The highest BCUT2D eigenvalue weighted by Gasteiger charge is 2.19. The van der Waals surface area contributed by atoms with Gasteiger partial charge < -0.3 is 14.8 Å². The first kappa shape index (κ1) is 12.7. The predicted molar refractivity (Wildman–Crippen MR) is 80.5 cm³/mol. The van der Waals surface area contributed by atoms with Gasteiger partial charge >= 0.3 is 0 Å². The second-order valence-electron chi connectivity index (χ2n) is 5.66. The van der Waals surface area contributed by atoms with Crippen LogP contribution in [0, 0.1) is 0 Å². The van der Waals surface area contributed by atoms with Crippen LogP contribution in [0.25, 0.3) is 10.9 Å². The van der Waals surface area contributed by atoms with Crippen LogP contribution in [0.2, 0.25) is 0 Å². The first-order valence-corrected chi connectivity index (χ1v) is 7.19. The molecule has 19 heavy (non-hydrogen) atoms. The number of para-hydroxylation sites is 1. The molecule has 0 radical (unpaired) electrons. The van der Waals surface area contributed by atoms with Crippen molar-refractivity contribution in [3.63, 3.8) is 0 Å². The van der Waals surface area contributed by atoms with Crippen LogP contribution in [0.3, 0.4) is 0 Å². The Balaban J connectivity index is 1.71. The summed E-state index contributed by atoms with van der Waals surface area (Å²) in [6.45, 7) is 3.45. The van der Waals surface area contributed by atoms with E-state index in [9.17, 15) is 0 Å². The zero-order chi connectivity index (χ0) is 13.2. The molecule has 1 aliphatic heterocycles. The van der Waals surface area contributed by atoms with Crippen LogP contribution >= 0.6 is 0 Å². The average Bonchev–Trinajstić information content (AvgIpc) is 3.06. The Morgan fingerprint density at radius 3 is 3.00 bits per heavy atom. The highest BCUT2D eigenvalue weighted by molar-refractivity contribution is 5.83. The summed E-state index contributed by atoms with van der Waals surface area (Å²) in [5, 5.41) is 4.84. The third-order valence-corrected chi connectivity index (χ3v) is 4.37. The molecule has 0 spiro atoms. The third-order valence-electron chi connectivity index (χ3n) is 4.37. The lowest BCUT2D eigenvalue weighted by molar-refractivity contribution is 0.260. The molecule has 0 aliphatic carbocycles. The van der Waals surface area contributed by atoms with E-state index in [1.165, 1.54) is 29.4 Å². The zero-order valence-corrected chi connectivity index (χ0v) is 11.9. The molecule has 2 aromatic rings. The fourth-order valence-electron chi connectivity index (χ4n) is 3.12. The van der Waals surface area contributed by atoms with Crippen molar-refractivity contribution in [3.8, 4) is 0 Å². The normalized spacial score (nSPS) is 19.6. The predicted octanol–water partition coefficient (Wildman–Crippen LogP) is 2.01. The van der Waals surface area contributed by atoms with E-state index in [0.717, 1.165) is 25.6 Å². The van der Waals surface area contributed by atoms with Gasteiger partial charge in [0, 0.05) is 43.3 Å². The van der Waals surface area contributed by atoms with E-state index < -0.39 is 0 Å². The quantitative estimate of drug-likeness (QED) is 0.904. The number of aromatic nitrogens is 1. The lowest BCUT2D eigenvalue weighted by Gasteiger charge is -2.23. The number of nitrogens with one attached hydrogen (secondary N) is 1. The monoisotopic (exact) mass is 257 g/mol. The molecule has 1 aliphatic rings. The van der Waals surface area contributed by atoms with Crippen LogP contribution < -0.4 is 5.32 Å². The Morgan fingerprint density at radius 2 is 2.21 bits per heavy atom. The van der Waals surface area contributed by atoms with Crippen molar-refractivity contribution in [2.75, 3.05) is 26.7 Å². The topological polar surface area (TPSA) is 20.2 Å². The Bertz CT molecular complexity index is 552. The number of fused-ring (bicyclic) bond motifs is 1. The van der Waals surface area contributed by atoms with E-state index in [-0.39, 0.29) is 0 Å². The van der Waals surface area contributed by atoms with Gasteiger partial charge in [-0.05, 0) is 38.1 Å². The number of aryl methyl sites for hydroxylation is 1. The minimum absolute atomic E-state index is 0.718. The standard InChI is InChI=1S/C16H23N3/c1-18(14-7-9-17-11-14)10-8-13-12-19(2)16-6-4-3-5-15(13)16/h3-6,12,14,17H,7-11H2,1-2H3. The molecule has 102 valence electrons. The van der Waals surface area contributed by atoms with Crippen LogP contribution in [-0.2, 0) is 13.5 Å². The Morgan fingerprint density at radius 1 is 1.37 bits per heavy atom. The van der Waals surface area contributed by atoms with Gasteiger partial charge in [-0.25, -0.2) is 0 Å². The molecule has 0 saturated carbocycles. The highest BCUT2D eigenvalue weighted by Crippen LogP contribution is 2.21. The van der Waals surface area contributed by atoms with E-state index in [2.05, 4.69) is 59.3 Å². The summed E-state index contributed by atoms with van der Waals surface area (Å²) in [5.41, 5.74) is 2.80. The first-order chi connectivity index (χ1) is 9.25. The summed E-state index contributed by atoms with van der Waals surface area (Å²) in [6, 6.07) is 9.40. The molecule has 3 heteroatoms. The molecule has 0 bridgehead atoms. The SMILES string of the molecule is CN(CCc1cn(C)c2ccccc12)C1CCNC1. The zero-order valence-electron chi connectivity index (χ0n) is 11.9. The first-order valence-electron chi connectivity index (χ1n) is 7.19. The van der Waals surface area contributed by atoms with Gasteiger partial charge in [0.05, 0.1) is 0 Å². The van der Waals surface area contributed by atoms with Crippen molar-refractivity contribution in [2.24, 2.45) is 7.05 Å². The highest BCUT2D eigenvalue weighted by atomic mass is 15.2. The molecule has 2 heterocycles. The maximum atomic E-state index is 3.44. The molecule has 1 N–H and O–H groups in total. The van der Waals surface area contributed by atoms with Crippen LogP contribution in [0.1, 0.15) is 12.0 Å². The number of rotatable bonds is 4. The summed E-state index contributed by atoms with van der Waals surface area (Å²) < 4.78 is 2.24. The maximum Gasteiger partial charge on any atom is 0.0480 e. The van der Waals surface area contributed by atoms with Crippen molar-refractivity contribution in [3.05, 3.63) is 36.0 Å². The number of hydrogen-bond acceptors (Lipinski definition) is 2. The van der Waals surface area contributed by atoms with Crippen LogP contribution in [0.15, 0.2) is 30.5 Å². The van der Waals surface area contributed by atoms with Crippen molar-refractivity contribution in [2.45, 2.75) is 18.9 Å². The molecule has 1 aromatic heterocycles. The molecular formula is C16H23N3. The summed E-state index contributed by atoms with van der Waals surface area (Å²) >= 11 is 0. The van der Waals surface area contributed by atoms with Crippen molar-refractivity contribution in [1.82, 2.24) is 14.8 Å². The summed E-state index contributed by atoms with van der Waals surface area (Å²) in [4.78, 5) is 2.50. The molecule has 1 aromatic carbocycles. The van der Waals surface area contributed by atoms with E-state index in [1.807, 2.05) is 0 Å². The number of nitrogens with zero attached hydrogens (tertiary/aromatic N) is 2. The molecular weight excluding hydrogens is 234 g/mol. The molecule has 1 saturated heterocycles. The smallest absolute Gasteiger partial charge is 0.0480 e. The second kappa shape index (κ2) is 5.35. The Kier molecular flexibility index (Phi) is 3.58. The lowest BCUT2D eigenvalue weighted by atomic mass is 10.1.